The van der Waals surface area contributed by atoms with Crippen molar-refractivity contribution in [3.8, 4) is 0 Å². The van der Waals surface area contributed by atoms with Crippen LogP contribution < -0.4 is 5.48 Å². The van der Waals surface area contributed by atoms with E-state index in [2.05, 4.69) is 0 Å². The molecule has 0 heterocycles. The van der Waals surface area contributed by atoms with E-state index in [9.17, 15) is 14.0 Å². The van der Waals surface area contributed by atoms with E-state index in [0.29, 0.717) is 5.56 Å². The van der Waals surface area contributed by atoms with Gasteiger partial charge in [-0.05, 0) is 11.6 Å². The SMILES string of the molecule is O=C(O)c1ccccc1CON[C@H](C(=O)O)[C@H](O)CF. The van der Waals surface area contributed by atoms with Gasteiger partial charge in [0.1, 0.15) is 12.8 Å². The molecule has 110 valence electrons. The Balaban J connectivity index is 2.64. The normalized spacial score (nSPS) is 13.7. The molecule has 1 aromatic carbocycles. The van der Waals surface area contributed by atoms with Crippen molar-refractivity contribution in [3.63, 3.8) is 0 Å². The second kappa shape index (κ2) is 7.53. The van der Waals surface area contributed by atoms with E-state index in [1.807, 2.05) is 5.48 Å². The summed E-state index contributed by atoms with van der Waals surface area (Å²) in [5.41, 5.74) is 2.32. The summed E-state index contributed by atoms with van der Waals surface area (Å²) in [5, 5.41) is 26.8. The number of rotatable bonds is 8. The minimum atomic E-state index is -1.76. The van der Waals surface area contributed by atoms with Crippen molar-refractivity contribution in [2.75, 3.05) is 6.67 Å². The quantitative estimate of drug-likeness (QED) is 0.504. The van der Waals surface area contributed by atoms with Gasteiger partial charge in [-0.15, -0.1) is 0 Å². The van der Waals surface area contributed by atoms with Gasteiger partial charge >= 0.3 is 11.9 Å². The molecule has 0 bridgehead atoms. The van der Waals surface area contributed by atoms with Crippen molar-refractivity contribution in [3.05, 3.63) is 35.4 Å². The molecule has 0 spiro atoms. The minimum Gasteiger partial charge on any atom is -0.480 e. The fourth-order valence-corrected chi connectivity index (χ4v) is 1.45. The highest BCUT2D eigenvalue weighted by atomic mass is 19.1. The molecular formula is C12H14FNO6. The summed E-state index contributed by atoms with van der Waals surface area (Å²) in [6.45, 7) is -1.50. The molecule has 0 fully saturated rings. The van der Waals surface area contributed by atoms with Crippen molar-refractivity contribution in [2.45, 2.75) is 18.8 Å². The zero-order valence-electron chi connectivity index (χ0n) is 10.3. The maximum Gasteiger partial charge on any atom is 0.336 e. The van der Waals surface area contributed by atoms with Crippen molar-refractivity contribution in [1.29, 1.82) is 0 Å². The Hall–Kier alpha value is -2.03. The number of aliphatic hydroxyl groups excluding tert-OH is 1. The van der Waals surface area contributed by atoms with Crippen LogP contribution in [0.5, 0.6) is 0 Å². The molecule has 0 unspecified atom stereocenters. The molecule has 0 aromatic heterocycles. The lowest BCUT2D eigenvalue weighted by atomic mass is 10.1. The maximum atomic E-state index is 12.2. The molecule has 0 aliphatic heterocycles. The molecule has 8 heteroatoms. The third kappa shape index (κ3) is 4.26. The first kappa shape index (κ1) is 16.0. The third-order valence-corrected chi connectivity index (χ3v) is 2.49. The van der Waals surface area contributed by atoms with Crippen LogP contribution in [0.4, 0.5) is 4.39 Å². The number of benzene rings is 1. The Morgan fingerprint density at radius 3 is 2.50 bits per heavy atom. The van der Waals surface area contributed by atoms with Crippen LogP contribution in [0.25, 0.3) is 0 Å². The number of hydroxylamine groups is 1. The number of carbonyl (C=O) groups is 2. The lowest BCUT2D eigenvalue weighted by Gasteiger charge is -2.17. The van der Waals surface area contributed by atoms with Gasteiger partial charge in [0.05, 0.1) is 12.2 Å². The zero-order valence-corrected chi connectivity index (χ0v) is 10.3. The summed E-state index contributed by atoms with van der Waals surface area (Å²) in [4.78, 5) is 26.5. The Kier molecular flexibility index (Phi) is 6.04. The van der Waals surface area contributed by atoms with Gasteiger partial charge in [-0.3, -0.25) is 9.63 Å². The summed E-state index contributed by atoms with van der Waals surface area (Å²) in [5.74, 6) is -2.63. The number of hydrogen-bond donors (Lipinski definition) is 4. The van der Waals surface area contributed by atoms with Gasteiger partial charge in [-0.2, -0.15) is 5.48 Å². The van der Waals surface area contributed by atoms with Crippen LogP contribution in [0.3, 0.4) is 0 Å². The van der Waals surface area contributed by atoms with E-state index in [0.717, 1.165) is 0 Å². The van der Waals surface area contributed by atoms with E-state index >= 15 is 0 Å². The van der Waals surface area contributed by atoms with Crippen LogP contribution in [-0.4, -0.2) is 46.1 Å². The Labute approximate surface area is 113 Å². The smallest absolute Gasteiger partial charge is 0.336 e. The molecular weight excluding hydrogens is 273 g/mol. The molecule has 1 rings (SSSR count). The van der Waals surface area contributed by atoms with E-state index < -0.39 is 30.8 Å². The van der Waals surface area contributed by atoms with Crippen LogP contribution in [0.1, 0.15) is 15.9 Å². The second-order valence-electron chi connectivity index (χ2n) is 3.91. The Bertz CT molecular complexity index is 481. The first-order valence-corrected chi connectivity index (χ1v) is 5.62. The van der Waals surface area contributed by atoms with E-state index in [-0.39, 0.29) is 12.2 Å². The number of aromatic carboxylic acids is 1. The number of alkyl halides is 1. The van der Waals surface area contributed by atoms with Gasteiger partial charge in [0, 0.05) is 0 Å². The maximum absolute atomic E-state index is 12.2. The number of carboxylic acids is 2. The summed E-state index contributed by atoms with van der Waals surface area (Å²) in [7, 11) is 0. The minimum absolute atomic E-state index is 0.00668. The van der Waals surface area contributed by atoms with Crippen molar-refractivity contribution in [2.24, 2.45) is 0 Å². The first-order chi connectivity index (χ1) is 9.47. The number of aliphatic hydroxyl groups is 1. The number of nitrogens with one attached hydrogen (secondary N) is 1. The highest BCUT2D eigenvalue weighted by molar-refractivity contribution is 5.89. The van der Waals surface area contributed by atoms with Crippen LogP contribution in [-0.2, 0) is 16.2 Å². The van der Waals surface area contributed by atoms with Gasteiger partial charge in [-0.1, -0.05) is 18.2 Å². The molecule has 20 heavy (non-hydrogen) atoms. The Morgan fingerprint density at radius 2 is 1.95 bits per heavy atom. The van der Waals surface area contributed by atoms with E-state index in [1.54, 1.807) is 6.07 Å². The van der Waals surface area contributed by atoms with Crippen LogP contribution >= 0.6 is 0 Å². The predicted molar refractivity (Wildman–Crippen MR) is 64.7 cm³/mol. The molecule has 0 radical (unpaired) electrons. The van der Waals surface area contributed by atoms with Crippen LogP contribution in [0.15, 0.2) is 24.3 Å². The van der Waals surface area contributed by atoms with Gasteiger partial charge in [0.15, 0.2) is 6.04 Å². The van der Waals surface area contributed by atoms with E-state index in [1.165, 1.54) is 18.2 Å². The molecule has 0 saturated heterocycles. The van der Waals surface area contributed by atoms with Gasteiger partial charge in [0.25, 0.3) is 0 Å². The molecule has 0 saturated carbocycles. The topological polar surface area (TPSA) is 116 Å². The number of hydrogen-bond acceptors (Lipinski definition) is 5. The highest BCUT2D eigenvalue weighted by Crippen LogP contribution is 2.10. The lowest BCUT2D eigenvalue weighted by Crippen LogP contribution is -2.47. The number of aliphatic carboxylic acids is 1. The third-order valence-electron chi connectivity index (χ3n) is 2.49. The predicted octanol–water partition coefficient (Wildman–Crippen LogP) is 0.190. The molecule has 7 nitrogen and oxygen atoms in total. The van der Waals surface area contributed by atoms with Gasteiger partial charge < -0.3 is 15.3 Å². The van der Waals surface area contributed by atoms with Crippen molar-refractivity contribution < 1.29 is 34.1 Å². The van der Waals surface area contributed by atoms with Crippen molar-refractivity contribution >= 4 is 11.9 Å². The molecule has 1 aromatic rings. The van der Waals surface area contributed by atoms with Gasteiger partial charge in [0.2, 0.25) is 0 Å². The lowest BCUT2D eigenvalue weighted by molar-refractivity contribution is -0.150. The Morgan fingerprint density at radius 1 is 1.30 bits per heavy atom. The highest BCUT2D eigenvalue weighted by Gasteiger charge is 2.26. The molecule has 2 atom stereocenters. The fourth-order valence-electron chi connectivity index (χ4n) is 1.45. The van der Waals surface area contributed by atoms with E-state index in [4.69, 9.17) is 20.2 Å². The number of halogens is 1. The van der Waals surface area contributed by atoms with Crippen LogP contribution in [0, 0.1) is 0 Å². The largest absolute Gasteiger partial charge is 0.480 e. The summed E-state index contributed by atoms with van der Waals surface area (Å²) in [6, 6.07) is 4.35. The van der Waals surface area contributed by atoms with Crippen molar-refractivity contribution in [1.82, 2.24) is 5.48 Å². The molecule has 0 aliphatic carbocycles. The zero-order chi connectivity index (χ0) is 15.1. The standard InChI is InChI=1S/C12H14FNO6/c13-5-9(15)10(12(18)19)14-20-6-7-3-1-2-4-8(7)11(16)17/h1-4,9-10,14-15H,5-6H2,(H,16,17)(H,18,19)/t9-,10+/m1/s1. The van der Waals surface area contributed by atoms with Gasteiger partial charge in [-0.25, -0.2) is 9.18 Å². The summed E-state index contributed by atoms with van der Waals surface area (Å²) in [6.07, 6.45) is -1.76. The molecule has 0 aliphatic rings. The number of carboxylic acid groups (broad SMARTS) is 2. The fraction of sp³-hybridized carbons (Fsp3) is 0.333. The molecule has 0 amide bonds. The second-order valence-corrected chi connectivity index (χ2v) is 3.91. The summed E-state index contributed by atoms with van der Waals surface area (Å²) < 4.78 is 12.2. The first-order valence-electron chi connectivity index (χ1n) is 5.62. The van der Waals surface area contributed by atoms with Crippen LogP contribution in [0.2, 0.25) is 0 Å². The monoisotopic (exact) mass is 287 g/mol. The average molecular weight is 287 g/mol. The molecule has 4 N–H and O–H groups in total. The average Bonchev–Trinajstić information content (AvgIpc) is 2.42. The summed E-state index contributed by atoms with van der Waals surface area (Å²) >= 11 is 0.